The van der Waals surface area contributed by atoms with Crippen molar-refractivity contribution in [2.45, 2.75) is 44.5 Å². The topological polar surface area (TPSA) is 83.1 Å². The molecule has 2 fully saturated rings. The van der Waals surface area contributed by atoms with E-state index in [9.17, 15) is 9.90 Å². The maximum absolute atomic E-state index is 13.4. The quantitative estimate of drug-likeness (QED) is 0.564. The van der Waals surface area contributed by atoms with Gasteiger partial charge < -0.3 is 19.5 Å². The van der Waals surface area contributed by atoms with E-state index in [1.54, 1.807) is 19.2 Å². The molecule has 2 aliphatic heterocycles. The molecule has 4 rings (SSSR count). The maximum atomic E-state index is 13.4. The van der Waals surface area contributed by atoms with Crippen LogP contribution in [0, 0.1) is 5.92 Å². The van der Waals surface area contributed by atoms with Gasteiger partial charge in [-0.25, -0.2) is 10.9 Å². The van der Waals surface area contributed by atoms with Gasteiger partial charge in [0, 0.05) is 24.6 Å². The van der Waals surface area contributed by atoms with Gasteiger partial charge in [0.25, 0.3) is 0 Å². The number of carbonyl (C=O) groups is 1. The highest BCUT2D eigenvalue weighted by Crippen LogP contribution is 2.48. The van der Waals surface area contributed by atoms with E-state index in [-0.39, 0.29) is 41.8 Å². The summed E-state index contributed by atoms with van der Waals surface area (Å²) in [6.07, 6.45) is 0.928. The third-order valence-corrected chi connectivity index (χ3v) is 6.12. The number of nitrogens with one attached hydrogen (secondary N) is 2. The van der Waals surface area contributed by atoms with Crippen molar-refractivity contribution in [3.8, 4) is 11.5 Å². The van der Waals surface area contributed by atoms with Gasteiger partial charge in [-0.1, -0.05) is 30.3 Å². The normalized spacial score (nSPS) is 25.3. The summed E-state index contributed by atoms with van der Waals surface area (Å²) in [5.74, 6) is 0.962. The number of nitrogens with zero attached hydrogens (tertiary/aromatic N) is 1. The number of fused-ring (bicyclic) bond motifs is 1. The molecular formula is C24H31N3O4. The summed E-state index contributed by atoms with van der Waals surface area (Å²) in [5, 5.41) is 10.5. The Morgan fingerprint density at radius 2 is 1.87 bits per heavy atom. The lowest BCUT2D eigenvalue weighted by Gasteiger charge is -2.31. The Labute approximate surface area is 183 Å². The van der Waals surface area contributed by atoms with Crippen LogP contribution in [-0.2, 0) is 9.53 Å². The van der Waals surface area contributed by atoms with E-state index in [4.69, 9.17) is 9.47 Å². The van der Waals surface area contributed by atoms with Crippen LogP contribution >= 0.6 is 0 Å². The molecule has 7 nitrogen and oxygen atoms in total. The van der Waals surface area contributed by atoms with Crippen LogP contribution in [0.1, 0.15) is 43.5 Å². The molecule has 3 N–H and O–H groups in total. The minimum absolute atomic E-state index is 0.0628. The Hall–Kier alpha value is -2.61. The molecule has 7 heteroatoms. The molecule has 2 heterocycles. The summed E-state index contributed by atoms with van der Waals surface area (Å²) in [5.41, 5.74) is 8.27. The fraction of sp³-hybridized carbons (Fsp3) is 0.458. The molecule has 1 amide bonds. The van der Waals surface area contributed by atoms with E-state index in [0.717, 1.165) is 23.3 Å². The molecule has 0 radical (unpaired) electrons. The standard InChI is InChI=1S/C24H31N3O4/c1-15(2)31-13-7-12-27-23(16-8-6-9-17(14-16)30-3)20-21(25-26-22(20)24(27)29)18-10-4-5-11-19(18)28/h4-6,8-11,14-15,20-23,25-26,28H,7,12-13H2,1-3H3. The van der Waals surface area contributed by atoms with Crippen LogP contribution in [0.3, 0.4) is 0 Å². The zero-order valence-corrected chi connectivity index (χ0v) is 18.2. The van der Waals surface area contributed by atoms with Crippen molar-refractivity contribution < 1.29 is 19.4 Å². The molecular weight excluding hydrogens is 394 g/mol. The lowest BCUT2D eigenvalue weighted by Crippen LogP contribution is -2.41. The molecule has 0 bridgehead atoms. The zero-order valence-electron chi connectivity index (χ0n) is 18.2. The van der Waals surface area contributed by atoms with Crippen LogP contribution in [0.25, 0.3) is 0 Å². The van der Waals surface area contributed by atoms with Crippen LogP contribution in [0.5, 0.6) is 11.5 Å². The fourth-order valence-electron chi connectivity index (χ4n) is 4.75. The predicted molar refractivity (Wildman–Crippen MR) is 118 cm³/mol. The molecule has 2 aliphatic rings. The van der Waals surface area contributed by atoms with E-state index in [2.05, 4.69) is 10.9 Å². The first-order valence-electron chi connectivity index (χ1n) is 10.9. The Bertz CT molecular complexity index is 919. The van der Waals surface area contributed by atoms with Gasteiger partial charge >= 0.3 is 0 Å². The number of aromatic hydroxyl groups is 1. The minimum Gasteiger partial charge on any atom is -0.508 e. The summed E-state index contributed by atoms with van der Waals surface area (Å²) >= 11 is 0. The summed E-state index contributed by atoms with van der Waals surface area (Å²) in [4.78, 5) is 15.4. The van der Waals surface area contributed by atoms with Crippen LogP contribution in [-0.4, -0.2) is 48.3 Å². The van der Waals surface area contributed by atoms with Crippen LogP contribution in [0.15, 0.2) is 48.5 Å². The molecule has 0 spiro atoms. The number of hydrogen-bond acceptors (Lipinski definition) is 6. The van der Waals surface area contributed by atoms with Gasteiger partial charge in [0.05, 0.1) is 25.3 Å². The second-order valence-electron chi connectivity index (χ2n) is 8.41. The number of para-hydroxylation sites is 1. The first-order chi connectivity index (χ1) is 15.0. The first kappa shape index (κ1) is 21.6. The highest BCUT2D eigenvalue weighted by atomic mass is 16.5. The molecule has 0 aliphatic carbocycles. The highest BCUT2D eigenvalue weighted by Gasteiger charge is 2.55. The Balaban J connectivity index is 1.68. The van der Waals surface area contributed by atoms with E-state index in [0.29, 0.717) is 13.2 Å². The average Bonchev–Trinajstić information content (AvgIpc) is 3.30. The van der Waals surface area contributed by atoms with E-state index in [1.807, 2.05) is 55.1 Å². The molecule has 0 aromatic heterocycles. The van der Waals surface area contributed by atoms with Crippen LogP contribution < -0.4 is 15.6 Å². The second-order valence-corrected chi connectivity index (χ2v) is 8.41. The third-order valence-electron chi connectivity index (χ3n) is 6.12. The van der Waals surface area contributed by atoms with Gasteiger partial charge in [-0.2, -0.15) is 0 Å². The van der Waals surface area contributed by atoms with Crippen molar-refractivity contribution in [1.29, 1.82) is 0 Å². The van der Waals surface area contributed by atoms with E-state index >= 15 is 0 Å². The molecule has 4 unspecified atom stereocenters. The number of hydrazine groups is 1. The lowest BCUT2D eigenvalue weighted by atomic mass is 9.83. The number of amides is 1. The largest absolute Gasteiger partial charge is 0.508 e. The van der Waals surface area contributed by atoms with Gasteiger partial charge in [0.15, 0.2) is 0 Å². The monoisotopic (exact) mass is 425 g/mol. The summed E-state index contributed by atoms with van der Waals surface area (Å²) in [6, 6.07) is 14.5. The van der Waals surface area contributed by atoms with Crippen molar-refractivity contribution in [2.75, 3.05) is 20.3 Å². The molecule has 166 valence electrons. The highest BCUT2D eigenvalue weighted by molar-refractivity contribution is 5.86. The van der Waals surface area contributed by atoms with Crippen molar-refractivity contribution in [1.82, 2.24) is 15.8 Å². The summed E-state index contributed by atoms with van der Waals surface area (Å²) < 4.78 is 11.1. The number of hydrogen-bond donors (Lipinski definition) is 3. The molecule has 4 atom stereocenters. The van der Waals surface area contributed by atoms with Gasteiger partial charge in [-0.3, -0.25) is 4.79 Å². The SMILES string of the molecule is COc1cccc(C2C3C(NNC3c3ccccc3O)C(=O)N2CCCOC(C)C)c1. The van der Waals surface area contributed by atoms with Gasteiger partial charge in [-0.05, 0) is 44.0 Å². The van der Waals surface area contributed by atoms with Crippen molar-refractivity contribution >= 4 is 5.91 Å². The Kier molecular flexibility index (Phi) is 6.46. The van der Waals surface area contributed by atoms with Gasteiger partial charge in [0.1, 0.15) is 17.5 Å². The lowest BCUT2D eigenvalue weighted by molar-refractivity contribution is -0.131. The number of carbonyl (C=O) groups excluding carboxylic acids is 1. The van der Waals surface area contributed by atoms with Crippen LogP contribution in [0.4, 0.5) is 0 Å². The average molecular weight is 426 g/mol. The van der Waals surface area contributed by atoms with E-state index in [1.165, 1.54) is 0 Å². The number of methoxy groups -OCH3 is 1. The number of likely N-dealkylation sites (tertiary alicyclic amines) is 1. The Morgan fingerprint density at radius 1 is 1.10 bits per heavy atom. The number of phenolic OH excluding ortho intramolecular Hbond substituents is 1. The van der Waals surface area contributed by atoms with Crippen molar-refractivity contribution in [3.05, 3.63) is 59.7 Å². The summed E-state index contributed by atoms with van der Waals surface area (Å²) in [6.45, 7) is 5.24. The summed E-state index contributed by atoms with van der Waals surface area (Å²) in [7, 11) is 1.65. The number of rotatable bonds is 8. The number of phenols is 1. The third kappa shape index (κ3) is 4.26. The van der Waals surface area contributed by atoms with Gasteiger partial charge in [-0.15, -0.1) is 0 Å². The van der Waals surface area contributed by atoms with E-state index < -0.39 is 0 Å². The van der Waals surface area contributed by atoms with Crippen molar-refractivity contribution in [3.63, 3.8) is 0 Å². The second kappa shape index (κ2) is 9.26. The molecule has 2 aromatic carbocycles. The molecule has 0 saturated carbocycles. The minimum atomic E-state index is -0.369. The Morgan fingerprint density at radius 3 is 2.61 bits per heavy atom. The molecule has 2 saturated heterocycles. The maximum Gasteiger partial charge on any atom is 0.242 e. The smallest absolute Gasteiger partial charge is 0.242 e. The zero-order chi connectivity index (χ0) is 22.0. The number of benzene rings is 2. The van der Waals surface area contributed by atoms with Gasteiger partial charge in [0.2, 0.25) is 5.91 Å². The van der Waals surface area contributed by atoms with Crippen LogP contribution in [0.2, 0.25) is 0 Å². The first-order valence-corrected chi connectivity index (χ1v) is 10.9. The molecule has 2 aromatic rings. The molecule has 31 heavy (non-hydrogen) atoms. The predicted octanol–water partition coefficient (Wildman–Crippen LogP) is 2.93. The number of ether oxygens (including phenoxy) is 2. The van der Waals surface area contributed by atoms with Crippen molar-refractivity contribution in [2.24, 2.45) is 5.92 Å². The fourth-order valence-corrected chi connectivity index (χ4v) is 4.75.